The predicted molar refractivity (Wildman–Crippen MR) is 70.8 cm³/mol. The van der Waals surface area contributed by atoms with Crippen molar-refractivity contribution < 1.29 is 14.6 Å². The Hall–Kier alpha value is -1.06. The van der Waals surface area contributed by atoms with Crippen molar-refractivity contribution >= 4 is 0 Å². The minimum atomic E-state index is -0.370. The van der Waals surface area contributed by atoms with Crippen LogP contribution in [0.15, 0.2) is 24.3 Å². The zero-order valence-electron chi connectivity index (χ0n) is 11.0. The summed E-state index contributed by atoms with van der Waals surface area (Å²) in [6, 6.07) is 7.69. The Balaban J connectivity index is 1.75. The molecule has 0 aliphatic carbocycles. The van der Waals surface area contributed by atoms with Crippen LogP contribution in [0.4, 0.5) is 0 Å². The fourth-order valence-electron chi connectivity index (χ4n) is 2.20. The van der Waals surface area contributed by atoms with Crippen molar-refractivity contribution in [1.82, 2.24) is 0 Å². The van der Waals surface area contributed by atoms with Crippen molar-refractivity contribution in [2.24, 2.45) is 0 Å². The third kappa shape index (κ3) is 3.72. The molecule has 1 fully saturated rings. The average molecular weight is 250 g/mol. The Kier molecular flexibility index (Phi) is 5.02. The molecule has 0 radical (unpaired) electrons. The van der Waals surface area contributed by atoms with Crippen LogP contribution in [0.25, 0.3) is 0 Å². The van der Waals surface area contributed by atoms with E-state index in [0.717, 1.165) is 37.2 Å². The molecular formula is C15H22O3. The van der Waals surface area contributed by atoms with Crippen LogP contribution in [0.5, 0.6) is 5.75 Å². The molecule has 1 aliphatic rings. The van der Waals surface area contributed by atoms with E-state index in [4.69, 9.17) is 9.47 Å². The summed E-state index contributed by atoms with van der Waals surface area (Å²) in [5, 5.41) is 9.68. The van der Waals surface area contributed by atoms with E-state index < -0.39 is 0 Å². The Labute approximate surface area is 109 Å². The molecule has 1 unspecified atom stereocenters. The predicted octanol–water partition coefficient (Wildman–Crippen LogP) is 3.08. The number of hydrogen-bond acceptors (Lipinski definition) is 3. The zero-order chi connectivity index (χ0) is 12.8. The van der Waals surface area contributed by atoms with E-state index >= 15 is 0 Å². The number of benzene rings is 1. The molecule has 0 saturated carbocycles. The van der Waals surface area contributed by atoms with Crippen LogP contribution in [-0.4, -0.2) is 24.4 Å². The maximum absolute atomic E-state index is 9.68. The van der Waals surface area contributed by atoms with Gasteiger partial charge in [0.2, 0.25) is 0 Å². The normalized spacial score (nSPS) is 20.9. The van der Waals surface area contributed by atoms with Crippen molar-refractivity contribution in [3.05, 3.63) is 29.8 Å². The van der Waals surface area contributed by atoms with Crippen LogP contribution in [0.3, 0.4) is 0 Å². The van der Waals surface area contributed by atoms with Gasteiger partial charge in [-0.3, -0.25) is 0 Å². The highest BCUT2D eigenvalue weighted by Crippen LogP contribution is 2.20. The molecule has 2 atom stereocenters. The maximum Gasteiger partial charge on any atom is 0.119 e. The topological polar surface area (TPSA) is 38.7 Å². The largest absolute Gasteiger partial charge is 0.493 e. The second-order valence-corrected chi connectivity index (χ2v) is 4.77. The van der Waals surface area contributed by atoms with Crippen molar-refractivity contribution in [2.45, 2.75) is 44.8 Å². The lowest BCUT2D eigenvalue weighted by Crippen LogP contribution is -2.10. The molecule has 0 amide bonds. The maximum atomic E-state index is 9.68. The highest BCUT2D eigenvalue weighted by Gasteiger charge is 2.15. The molecular weight excluding hydrogens is 228 g/mol. The lowest BCUT2D eigenvalue weighted by molar-refractivity contribution is 0.0903. The quantitative estimate of drug-likeness (QED) is 0.843. The van der Waals surface area contributed by atoms with Crippen LogP contribution in [0.2, 0.25) is 0 Å². The Morgan fingerprint density at radius 2 is 2.17 bits per heavy atom. The van der Waals surface area contributed by atoms with Crippen molar-refractivity contribution in [3.63, 3.8) is 0 Å². The summed E-state index contributed by atoms with van der Waals surface area (Å²) in [6.45, 7) is 3.56. The smallest absolute Gasteiger partial charge is 0.119 e. The fraction of sp³-hybridized carbons (Fsp3) is 0.600. The second kappa shape index (κ2) is 6.76. The molecule has 0 bridgehead atoms. The summed E-state index contributed by atoms with van der Waals surface area (Å²) < 4.78 is 11.2. The molecule has 1 heterocycles. The van der Waals surface area contributed by atoms with Crippen LogP contribution in [0, 0.1) is 0 Å². The summed E-state index contributed by atoms with van der Waals surface area (Å²) in [7, 11) is 0. The number of rotatable bonds is 6. The fourth-order valence-corrected chi connectivity index (χ4v) is 2.20. The molecule has 2 rings (SSSR count). The van der Waals surface area contributed by atoms with Crippen LogP contribution in [0.1, 0.15) is 44.3 Å². The van der Waals surface area contributed by atoms with Gasteiger partial charge in [0.1, 0.15) is 5.75 Å². The van der Waals surface area contributed by atoms with Gasteiger partial charge in [-0.25, -0.2) is 0 Å². The summed E-state index contributed by atoms with van der Waals surface area (Å²) in [5.74, 6) is 0.861. The Morgan fingerprint density at radius 1 is 1.39 bits per heavy atom. The SMILES string of the molecule is CC[C@@H](O)c1ccc(OCCC2CCCO2)cc1. The minimum absolute atomic E-state index is 0.370. The summed E-state index contributed by atoms with van der Waals surface area (Å²) in [5.41, 5.74) is 0.948. The molecule has 1 aliphatic heterocycles. The average Bonchev–Trinajstić information content (AvgIpc) is 2.92. The van der Waals surface area contributed by atoms with Gasteiger partial charge < -0.3 is 14.6 Å². The number of aliphatic hydroxyl groups is 1. The Bertz CT molecular complexity index is 341. The van der Waals surface area contributed by atoms with Crippen molar-refractivity contribution in [3.8, 4) is 5.75 Å². The first kappa shape index (κ1) is 13.4. The first-order chi connectivity index (χ1) is 8.79. The van der Waals surface area contributed by atoms with E-state index in [0.29, 0.717) is 12.7 Å². The van der Waals surface area contributed by atoms with Crippen LogP contribution < -0.4 is 4.74 Å². The van der Waals surface area contributed by atoms with Gasteiger partial charge in [0.15, 0.2) is 0 Å². The van der Waals surface area contributed by atoms with E-state index in [2.05, 4.69) is 0 Å². The Morgan fingerprint density at radius 3 is 2.78 bits per heavy atom. The zero-order valence-corrected chi connectivity index (χ0v) is 11.0. The van der Waals surface area contributed by atoms with Gasteiger partial charge in [-0.15, -0.1) is 0 Å². The summed E-state index contributed by atoms with van der Waals surface area (Å²) in [4.78, 5) is 0. The summed E-state index contributed by atoms with van der Waals surface area (Å²) >= 11 is 0. The van der Waals surface area contributed by atoms with Gasteiger partial charge in [-0.1, -0.05) is 19.1 Å². The van der Waals surface area contributed by atoms with Gasteiger partial charge in [0, 0.05) is 13.0 Å². The number of hydrogen-bond donors (Lipinski definition) is 1. The molecule has 1 aromatic carbocycles. The monoisotopic (exact) mass is 250 g/mol. The van der Waals surface area contributed by atoms with E-state index in [1.54, 1.807) is 0 Å². The van der Waals surface area contributed by atoms with Gasteiger partial charge >= 0.3 is 0 Å². The molecule has 3 heteroatoms. The summed E-state index contributed by atoms with van der Waals surface area (Å²) in [6.07, 6.45) is 4.04. The van der Waals surface area contributed by atoms with E-state index in [9.17, 15) is 5.11 Å². The highest BCUT2D eigenvalue weighted by atomic mass is 16.5. The molecule has 3 nitrogen and oxygen atoms in total. The molecule has 1 N–H and O–H groups in total. The van der Waals surface area contributed by atoms with Gasteiger partial charge in [0.25, 0.3) is 0 Å². The van der Waals surface area contributed by atoms with E-state index in [1.165, 1.54) is 6.42 Å². The lowest BCUT2D eigenvalue weighted by atomic mass is 10.1. The van der Waals surface area contributed by atoms with E-state index in [-0.39, 0.29) is 6.10 Å². The van der Waals surface area contributed by atoms with Crippen molar-refractivity contribution in [2.75, 3.05) is 13.2 Å². The molecule has 18 heavy (non-hydrogen) atoms. The highest BCUT2D eigenvalue weighted by molar-refractivity contribution is 5.28. The molecule has 0 aromatic heterocycles. The first-order valence-corrected chi connectivity index (χ1v) is 6.82. The standard InChI is InChI=1S/C15H22O3/c1-2-15(16)12-5-7-14(8-6-12)18-11-9-13-4-3-10-17-13/h5-8,13,15-16H,2-4,9-11H2,1H3/t13?,15-/m1/s1. The van der Waals surface area contributed by atoms with Gasteiger partial charge in [0.05, 0.1) is 18.8 Å². The van der Waals surface area contributed by atoms with Crippen LogP contribution in [-0.2, 0) is 4.74 Å². The molecule has 0 spiro atoms. The first-order valence-electron chi connectivity index (χ1n) is 6.82. The van der Waals surface area contributed by atoms with Gasteiger partial charge in [-0.2, -0.15) is 0 Å². The molecule has 1 saturated heterocycles. The van der Waals surface area contributed by atoms with Crippen LogP contribution >= 0.6 is 0 Å². The third-order valence-electron chi connectivity index (χ3n) is 3.38. The lowest BCUT2D eigenvalue weighted by Gasteiger charge is -2.12. The third-order valence-corrected chi connectivity index (χ3v) is 3.38. The van der Waals surface area contributed by atoms with Crippen molar-refractivity contribution in [1.29, 1.82) is 0 Å². The second-order valence-electron chi connectivity index (χ2n) is 4.77. The van der Waals surface area contributed by atoms with E-state index in [1.807, 2.05) is 31.2 Å². The molecule has 100 valence electrons. The van der Waals surface area contributed by atoms with Gasteiger partial charge in [-0.05, 0) is 37.0 Å². The molecule has 1 aromatic rings. The minimum Gasteiger partial charge on any atom is -0.493 e. The number of aliphatic hydroxyl groups excluding tert-OH is 1. The number of ether oxygens (including phenoxy) is 2.